The van der Waals surface area contributed by atoms with E-state index in [4.69, 9.17) is 9.15 Å². The average molecular weight is 285 g/mol. The fourth-order valence-electron chi connectivity index (χ4n) is 1.24. The number of rotatable bonds is 6. The van der Waals surface area contributed by atoms with E-state index in [0.717, 1.165) is 11.5 Å². The third-order valence-electron chi connectivity index (χ3n) is 2.82. The summed E-state index contributed by atoms with van der Waals surface area (Å²) >= 11 is 1.19. The second-order valence-electron chi connectivity index (χ2n) is 4.68. The minimum atomic E-state index is -1.14. The lowest BCUT2D eigenvalue weighted by Gasteiger charge is -2.19. The van der Waals surface area contributed by atoms with Crippen molar-refractivity contribution in [2.75, 3.05) is 12.4 Å². The van der Waals surface area contributed by atoms with Gasteiger partial charge in [-0.25, -0.2) is 4.98 Å². The van der Waals surface area contributed by atoms with Gasteiger partial charge in [-0.2, -0.15) is 0 Å². The molecule has 106 valence electrons. The molecule has 0 saturated carbocycles. The highest BCUT2D eigenvalue weighted by Crippen LogP contribution is 2.25. The molecule has 0 bridgehead atoms. The number of aromatic nitrogens is 1. The van der Waals surface area contributed by atoms with Gasteiger partial charge in [0.2, 0.25) is 0 Å². The Morgan fingerprint density at radius 1 is 1.37 bits per heavy atom. The van der Waals surface area contributed by atoms with Crippen molar-refractivity contribution in [2.45, 2.75) is 39.8 Å². The number of ether oxygens (including phenoxy) is 1. The molecule has 0 N–H and O–H groups in total. The first-order valence-corrected chi connectivity index (χ1v) is 7.05. The molecule has 0 unspecified atom stereocenters. The number of hydrogen-bond acceptors (Lipinski definition) is 6. The number of thioether (sulfide) groups is 1. The van der Waals surface area contributed by atoms with Crippen LogP contribution in [-0.4, -0.2) is 29.1 Å². The predicted molar refractivity (Wildman–Crippen MR) is 72.1 cm³/mol. The molecule has 0 aromatic carbocycles. The van der Waals surface area contributed by atoms with Gasteiger partial charge in [0.05, 0.1) is 18.1 Å². The Morgan fingerprint density at radius 2 is 2.00 bits per heavy atom. The van der Waals surface area contributed by atoms with E-state index in [1.165, 1.54) is 11.8 Å². The van der Waals surface area contributed by atoms with Crippen molar-refractivity contribution < 1.29 is 18.7 Å². The molecule has 19 heavy (non-hydrogen) atoms. The maximum Gasteiger partial charge on any atom is 0.319 e. The summed E-state index contributed by atoms with van der Waals surface area (Å²) in [6.45, 7) is 8.77. The molecular weight excluding hydrogens is 266 g/mol. The second kappa shape index (κ2) is 6.23. The normalized spacial score (nSPS) is 11.4. The lowest BCUT2D eigenvalue weighted by molar-refractivity contribution is -0.157. The van der Waals surface area contributed by atoms with E-state index in [0.29, 0.717) is 5.22 Å². The fraction of sp³-hybridized carbons (Fsp3) is 0.615. The molecule has 0 fully saturated rings. The van der Waals surface area contributed by atoms with Gasteiger partial charge in [0.1, 0.15) is 11.2 Å². The van der Waals surface area contributed by atoms with Crippen LogP contribution in [0.4, 0.5) is 0 Å². The molecule has 0 aliphatic carbocycles. The molecule has 6 heteroatoms. The maximum atomic E-state index is 12.1. The second-order valence-corrected chi connectivity index (χ2v) is 5.61. The zero-order valence-corrected chi connectivity index (χ0v) is 12.7. The van der Waals surface area contributed by atoms with Crippen molar-refractivity contribution in [3.63, 3.8) is 0 Å². The van der Waals surface area contributed by atoms with Crippen LogP contribution in [0.15, 0.2) is 9.64 Å². The summed E-state index contributed by atoms with van der Waals surface area (Å²) in [5.41, 5.74) is -0.334. The van der Waals surface area contributed by atoms with Crippen LogP contribution in [-0.2, 0) is 14.3 Å². The molecule has 1 aromatic rings. The molecule has 0 spiro atoms. The number of carbonyl (C=O) groups excluding carboxylic acids is 2. The minimum absolute atomic E-state index is 0.130. The number of hydrogen-bond donors (Lipinski definition) is 0. The van der Waals surface area contributed by atoms with E-state index in [2.05, 4.69) is 4.98 Å². The topological polar surface area (TPSA) is 69.4 Å². The first kappa shape index (κ1) is 15.8. The SMILES string of the molecule is CCOC(=O)C(C)(C)C(=O)CSc1nc(C)c(C)o1. The third-order valence-corrected chi connectivity index (χ3v) is 3.65. The number of oxazole rings is 1. The smallest absolute Gasteiger partial charge is 0.319 e. The highest BCUT2D eigenvalue weighted by molar-refractivity contribution is 7.99. The molecule has 1 rings (SSSR count). The van der Waals surface area contributed by atoms with E-state index in [9.17, 15) is 9.59 Å². The lowest BCUT2D eigenvalue weighted by atomic mass is 9.89. The Kier molecular flexibility index (Phi) is 5.17. The zero-order chi connectivity index (χ0) is 14.6. The quantitative estimate of drug-likeness (QED) is 0.454. The number of aryl methyl sites for hydroxylation is 2. The predicted octanol–water partition coefficient (Wildman–Crippen LogP) is 2.54. The van der Waals surface area contributed by atoms with Crippen LogP contribution in [0.5, 0.6) is 0 Å². The first-order valence-electron chi connectivity index (χ1n) is 6.06. The summed E-state index contributed by atoms with van der Waals surface area (Å²) < 4.78 is 10.3. The monoisotopic (exact) mass is 285 g/mol. The molecule has 5 nitrogen and oxygen atoms in total. The number of ketones is 1. The van der Waals surface area contributed by atoms with E-state index in [1.807, 2.05) is 13.8 Å². The van der Waals surface area contributed by atoms with Crippen LogP contribution in [0, 0.1) is 19.3 Å². The van der Waals surface area contributed by atoms with Gasteiger partial charge in [-0.05, 0) is 34.6 Å². The molecule has 0 aliphatic rings. The molecular formula is C13H19NO4S. The van der Waals surface area contributed by atoms with Gasteiger partial charge >= 0.3 is 5.97 Å². The minimum Gasteiger partial charge on any atom is -0.465 e. The van der Waals surface area contributed by atoms with Gasteiger partial charge in [0, 0.05) is 0 Å². The molecule has 0 aliphatic heterocycles. The summed E-state index contributed by atoms with van der Waals surface area (Å²) in [4.78, 5) is 27.9. The van der Waals surface area contributed by atoms with E-state index in [-0.39, 0.29) is 18.1 Å². The van der Waals surface area contributed by atoms with E-state index >= 15 is 0 Å². The highest BCUT2D eigenvalue weighted by atomic mass is 32.2. The van der Waals surface area contributed by atoms with Gasteiger partial charge in [0.25, 0.3) is 5.22 Å². The Labute approximate surface area is 117 Å². The Balaban J connectivity index is 2.62. The summed E-state index contributed by atoms with van der Waals surface area (Å²) in [6, 6.07) is 0. The standard InChI is InChI=1S/C13H19NO4S/c1-6-17-11(16)13(4,5)10(15)7-19-12-14-8(2)9(3)18-12/h6-7H2,1-5H3. The van der Waals surface area contributed by atoms with Crippen LogP contribution in [0.3, 0.4) is 0 Å². The Morgan fingerprint density at radius 3 is 2.47 bits per heavy atom. The summed E-state index contributed by atoms with van der Waals surface area (Å²) in [6.07, 6.45) is 0. The number of Topliss-reactive ketones (excluding diaryl/α,β-unsaturated/α-hetero) is 1. The van der Waals surface area contributed by atoms with Gasteiger partial charge in [-0.1, -0.05) is 11.8 Å². The average Bonchev–Trinajstić information content (AvgIpc) is 2.66. The van der Waals surface area contributed by atoms with Crippen molar-refractivity contribution in [2.24, 2.45) is 5.41 Å². The molecule has 0 saturated heterocycles. The van der Waals surface area contributed by atoms with Gasteiger partial charge in [-0.15, -0.1) is 0 Å². The maximum absolute atomic E-state index is 12.1. The van der Waals surface area contributed by atoms with Crippen molar-refractivity contribution in [3.05, 3.63) is 11.5 Å². The van der Waals surface area contributed by atoms with E-state index in [1.54, 1.807) is 20.8 Å². The van der Waals surface area contributed by atoms with Crippen molar-refractivity contribution in [3.8, 4) is 0 Å². The Hall–Kier alpha value is -1.30. The lowest BCUT2D eigenvalue weighted by Crippen LogP contribution is -2.36. The van der Waals surface area contributed by atoms with E-state index < -0.39 is 11.4 Å². The van der Waals surface area contributed by atoms with Gasteiger partial charge in [-0.3, -0.25) is 9.59 Å². The summed E-state index contributed by atoms with van der Waals surface area (Å²) in [7, 11) is 0. The van der Waals surface area contributed by atoms with Crippen LogP contribution in [0.1, 0.15) is 32.2 Å². The van der Waals surface area contributed by atoms with Crippen LogP contribution >= 0.6 is 11.8 Å². The summed E-state index contributed by atoms with van der Waals surface area (Å²) in [5, 5.41) is 0.447. The molecule has 0 atom stereocenters. The third kappa shape index (κ3) is 3.83. The zero-order valence-electron chi connectivity index (χ0n) is 11.9. The number of carbonyl (C=O) groups is 2. The molecule has 1 aromatic heterocycles. The summed E-state index contributed by atoms with van der Waals surface area (Å²) in [5.74, 6) is 0.162. The first-order chi connectivity index (χ1) is 8.78. The van der Waals surface area contributed by atoms with Gasteiger partial charge < -0.3 is 9.15 Å². The van der Waals surface area contributed by atoms with Crippen molar-refractivity contribution in [1.82, 2.24) is 4.98 Å². The molecule has 0 radical (unpaired) electrons. The van der Waals surface area contributed by atoms with Crippen LogP contribution < -0.4 is 0 Å². The Bertz CT molecular complexity index is 459. The van der Waals surface area contributed by atoms with Gasteiger partial charge in [0.15, 0.2) is 5.78 Å². The van der Waals surface area contributed by atoms with Crippen molar-refractivity contribution >= 4 is 23.5 Å². The molecule has 1 heterocycles. The number of esters is 1. The largest absolute Gasteiger partial charge is 0.465 e. The number of nitrogens with zero attached hydrogens (tertiary/aromatic N) is 1. The van der Waals surface area contributed by atoms with Crippen LogP contribution in [0.2, 0.25) is 0 Å². The van der Waals surface area contributed by atoms with Crippen LogP contribution in [0.25, 0.3) is 0 Å². The fourth-order valence-corrected chi connectivity index (χ4v) is 2.24. The highest BCUT2D eigenvalue weighted by Gasteiger charge is 2.37. The van der Waals surface area contributed by atoms with Crippen molar-refractivity contribution in [1.29, 1.82) is 0 Å². The molecule has 0 amide bonds.